The molecule has 2 aromatic carbocycles. The number of aromatic nitrogens is 1. The van der Waals surface area contributed by atoms with Gasteiger partial charge in [0.2, 0.25) is 0 Å². The molecule has 1 aromatic heterocycles. The Labute approximate surface area is 151 Å². The first-order valence-corrected chi connectivity index (χ1v) is 8.25. The number of aromatic amines is 1. The molecule has 0 aliphatic carbocycles. The quantitative estimate of drug-likeness (QED) is 0.769. The molecule has 1 heterocycles. The third kappa shape index (κ3) is 3.83. The Morgan fingerprint density at radius 3 is 2.50 bits per heavy atom. The van der Waals surface area contributed by atoms with Gasteiger partial charge in [-0.05, 0) is 35.4 Å². The van der Waals surface area contributed by atoms with E-state index in [1.165, 1.54) is 4.90 Å². The minimum absolute atomic E-state index is 0.120. The average molecular weight is 348 g/mol. The molecular weight excluding hydrogens is 328 g/mol. The Balaban J connectivity index is 1.79. The summed E-state index contributed by atoms with van der Waals surface area (Å²) in [6, 6.07) is 20.3. The molecule has 3 aromatic rings. The van der Waals surface area contributed by atoms with Gasteiger partial charge in [0.05, 0.1) is 7.11 Å². The normalized spacial score (nSPS) is 10.4. The lowest BCUT2D eigenvalue weighted by atomic mass is 10.1. The molecule has 0 bridgehead atoms. The third-order valence-electron chi connectivity index (χ3n) is 4.13. The molecule has 3 rings (SSSR count). The Hall–Kier alpha value is -3.34. The molecule has 0 aliphatic heterocycles. The number of pyridine rings is 1. The van der Waals surface area contributed by atoms with Crippen molar-refractivity contribution in [1.82, 2.24) is 9.88 Å². The maximum Gasteiger partial charge on any atom is 0.261 e. The lowest BCUT2D eigenvalue weighted by Gasteiger charge is -2.17. The number of hydrogen-bond acceptors (Lipinski definition) is 3. The largest absolute Gasteiger partial charge is 0.497 e. The summed E-state index contributed by atoms with van der Waals surface area (Å²) in [7, 11) is 3.27. The van der Waals surface area contributed by atoms with Gasteiger partial charge in [0.25, 0.3) is 11.5 Å². The summed E-state index contributed by atoms with van der Waals surface area (Å²) < 4.78 is 5.20. The Kier molecular flexibility index (Phi) is 5.17. The fourth-order valence-corrected chi connectivity index (χ4v) is 2.75. The molecule has 132 valence electrons. The van der Waals surface area contributed by atoms with E-state index < -0.39 is 5.56 Å². The number of benzene rings is 2. The van der Waals surface area contributed by atoms with Crippen molar-refractivity contribution in [2.24, 2.45) is 0 Å². The van der Waals surface area contributed by atoms with Gasteiger partial charge >= 0.3 is 0 Å². The fraction of sp³-hybridized carbons (Fsp3) is 0.143. The number of rotatable bonds is 5. The maximum absolute atomic E-state index is 12.6. The topological polar surface area (TPSA) is 62.4 Å². The van der Waals surface area contributed by atoms with Crippen LogP contribution in [0.4, 0.5) is 0 Å². The molecule has 5 heteroatoms. The summed E-state index contributed by atoms with van der Waals surface area (Å²) in [5.41, 5.74) is 2.23. The van der Waals surface area contributed by atoms with Crippen LogP contribution in [0.1, 0.15) is 15.9 Å². The number of methoxy groups -OCH3 is 1. The van der Waals surface area contributed by atoms with E-state index in [-0.39, 0.29) is 11.5 Å². The van der Waals surface area contributed by atoms with Crippen LogP contribution in [0.5, 0.6) is 5.75 Å². The zero-order chi connectivity index (χ0) is 18.5. The number of carbonyl (C=O) groups excluding carboxylic acids is 1. The van der Waals surface area contributed by atoms with Crippen LogP contribution in [0.25, 0.3) is 11.3 Å². The zero-order valence-electron chi connectivity index (χ0n) is 14.7. The number of hydrogen-bond donors (Lipinski definition) is 1. The number of H-pyrrole nitrogens is 1. The van der Waals surface area contributed by atoms with E-state index in [2.05, 4.69) is 4.98 Å². The van der Waals surface area contributed by atoms with Gasteiger partial charge in [-0.1, -0.05) is 42.5 Å². The minimum atomic E-state index is -0.395. The van der Waals surface area contributed by atoms with Gasteiger partial charge in [-0.2, -0.15) is 0 Å². The Morgan fingerprint density at radius 2 is 1.81 bits per heavy atom. The van der Waals surface area contributed by atoms with Gasteiger partial charge in [-0.25, -0.2) is 0 Å². The minimum Gasteiger partial charge on any atom is -0.497 e. The second kappa shape index (κ2) is 7.70. The molecule has 5 nitrogen and oxygen atoms in total. The molecule has 0 fully saturated rings. The maximum atomic E-state index is 12.6. The highest BCUT2D eigenvalue weighted by Gasteiger charge is 2.16. The van der Waals surface area contributed by atoms with E-state index in [1.807, 2.05) is 54.6 Å². The summed E-state index contributed by atoms with van der Waals surface area (Å²) in [6.45, 7) is 0.385. The second-order valence-electron chi connectivity index (χ2n) is 5.99. The number of nitrogens with one attached hydrogen (secondary N) is 1. The molecule has 1 N–H and O–H groups in total. The van der Waals surface area contributed by atoms with E-state index in [1.54, 1.807) is 26.3 Å². The van der Waals surface area contributed by atoms with Crippen LogP contribution in [0.3, 0.4) is 0 Å². The predicted molar refractivity (Wildman–Crippen MR) is 101 cm³/mol. The summed E-state index contributed by atoms with van der Waals surface area (Å²) in [6.07, 6.45) is 0. The second-order valence-corrected chi connectivity index (χ2v) is 5.99. The van der Waals surface area contributed by atoms with Crippen LogP contribution in [0.15, 0.2) is 71.5 Å². The molecule has 0 saturated carbocycles. The molecule has 0 radical (unpaired) electrons. The van der Waals surface area contributed by atoms with Gasteiger partial charge in [0.15, 0.2) is 0 Å². The first-order valence-electron chi connectivity index (χ1n) is 8.25. The fourth-order valence-electron chi connectivity index (χ4n) is 2.75. The van der Waals surface area contributed by atoms with Gasteiger partial charge in [0.1, 0.15) is 11.3 Å². The summed E-state index contributed by atoms with van der Waals surface area (Å²) in [5.74, 6) is 0.405. The van der Waals surface area contributed by atoms with Crippen LogP contribution in [-0.2, 0) is 6.54 Å². The highest BCUT2D eigenvalue weighted by Crippen LogP contribution is 2.16. The molecule has 1 amide bonds. The summed E-state index contributed by atoms with van der Waals surface area (Å²) in [4.78, 5) is 29.3. The number of ether oxygens (including phenoxy) is 1. The van der Waals surface area contributed by atoms with E-state index >= 15 is 0 Å². The zero-order valence-corrected chi connectivity index (χ0v) is 14.7. The monoisotopic (exact) mass is 348 g/mol. The van der Waals surface area contributed by atoms with Gasteiger partial charge in [-0.15, -0.1) is 0 Å². The molecule has 0 saturated heterocycles. The van der Waals surface area contributed by atoms with Crippen molar-refractivity contribution in [2.45, 2.75) is 6.54 Å². The standard InChI is InChI=1S/C21H20N2O3/c1-23(14-15-7-6-10-17(13-15)26-2)21(25)18-11-12-19(22-20(18)24)16-8-4-3-5-9-16/h3-13H,14H2,1-2H3,(H,22,24). The van der Waals surface area contributed by atoms with Crippen molar-refractivity contribution in [3.8, 4) is 17.0 Å². The SMILES string of the molecule is COc1cccc(CN(C)C(=O)c2ccc(-c3ccccc3)[nH]c2=O)c1. The molecule has 0 aliphatic rings. The van der Waals surface area contributed by atoms with E-state index in [9.17, 15) is 9.59 Å². The molecule has 0 unspecified atom stereocenters. The van der Waals surface area contributed by atoms with Crippen molar-refractivity contribution >= 4 is 5.91 Å². The van der Waals surface area contributed by atoms with Crippen LogP contribution in [0.2, 0.25) is 0 Å². The van der Waals surface area contributed by atoms with Crippen LogP contribution in [0, 0.1) is 0 Å². The van der Waals surface area contributed by atoms with Crippen LogP contribution >= 0.6 is 0 Å². The highest BCUT2D eigenvalue weighted by molar-refractivity contribution is 5.93. The average Bonchev–Trinajstić information content (AvgIpc) is 2.68. The van der Waals surface area contributed by atoms with Crippen molar-refractivity contribution < 1.29 is 9.53 Å². The number of amides is 1. The van der Waals surface area contributed by atoms with Gasteiger partial charge in [-0.3, -0.25) is 9.59 Å². The Morgan fingerprint density at radius 1 is 1.04 bits per heavy atom. The highest BCUT2D eigenvalue weighted by atomic mass is 16.5. The predicted octanol–water partition coefficient (Wildman–Crippen LogP) is 3.32. The smallest absolute Gasteiger partial charge is 0.261 e. The summed E-state index contributed by atoms with van der Waals surface area (Å²) in [5, 5.41) is 0. The summed E-state index contributed by atoms with van der Waals surface area (Å²) >= 11 is 0. The molecular formula is C21H20N2O3. The van der Waals surface area contributed by atoms with Crippen LogP contribution < -0.4 is 10.3 Å². The molecule has 26 heavy (non-hydrogen) atoms. The van der Waals surface area contributed by atoms with Crippen molar-refractivity contribution in [2.75, 3.05) is 14.2 Å². The lowest BCUT2D eigenvalue weighted by molar-refractivity contribution is 0.0783. The van der Waals surface area contributed by atoms with Crippen molar-refractivity contribution in [3.63, 3.8) is 0 Å². The number of carbonyl (C=O) groups is 1. The molecule has 0 atom stereocenters. The van der Waals surface area contributed by atoms with Gasteiger partial charge in [0, 0.05) is 19.3 Å². The van der Waals surface area contributed by atoms with Crippen LogP contribution in [-0.4, -0.2) is 29.9 Å². The van der Waals surface area contributed by atoms with E-state index in [4.69, 9.17) is 4.74 Å². The third-order valence-corrected chi connectivity index (χ3v) is 4.13. The Bertz CT molecular complexity index is 964. The van der Waals surface area contributed by atoms with Gasteiger partial charge < -0.3 is 14.6 Å². The van der Waals surface area contributed by atoms with E-state index in [0.29, 0.717) is 12.2 Å². The first-order chi connectivity index (χ1) is 12.6. The number of nitrogens with zero attached hydrogens (tertiary/aromatic N) is 1. The first kappa shape index (κ1) is 17.5. The lowest BCUT2D eigenvalue weighted by Crippen LogP contribution is -2.31. The molecule has 0 spiro atoms. The van der Waals surface area contributed by atoms with Crippen molar-refractivity contribution in [1.29, 1.82) is 0 Å². The van der Waals surface area contributed by atoms with Crippen molar-refractivity contribution in [3.05, 3.63) is 88.2 Å². The van der Waals surface area contributed by atoms with E-state index in [0.717, 1.165) is 16.9 Å².